The van der Waals surface area contributed by atoms with Gasteiger partial charge in [0.05, 0.1) is 24.3 Å². The molecule has 0 bridgehead atoms. The Balaban J connectivity index is 2.14. The van der Waals surface area contributed by atoms with Crippen molar-refractivity contribution in [1.82, 2.24) is 19.9 Å². The van der Waals surface area contributed by atoms with Gasteiger partial charge in [-0.3, -0.25) is 4.98 Å². The van der Waals surface area contributed by atoms with Crippen LogP contribution in [0.1, 0.15) is 5.82 Å². The third-order valence-electron chi connectivity index (χ3n) is 1.74. The first-order valence-corrected chi connectivity index (χ1v) is 4.48. The number of nitrogens with zero attached hydrogens (tertiary/aromatic N) is 4. The summed E-state index contributed by atoms with van der Waals surface area (Å²) >= 11 is 0. The van der Waals surface area contributed by atoms with Crippen LogP contribution in [0.4, 0.5) is 24.7 Å². The lowest BCUT2D eigenvalue weighted by Gasteiger charge is -2.06. The molecule has 0 aliphatic heterocycles. The Morgan fingerprint density at radius 1 is 0.941 bits per heavy atom. The zero-order chi connectivity index (χ0) is 12.3. The van der Waals surface area contributed by atoms with Gasteiger partial charge in [0, 0.05) is 12.4 Å². The Bertz CT molecular complexity index is 482. The molecule has 0 spiro atoms. The van der Waals surface area contributed by atoms with Gasteiger partial charge in [0.25, 0.3) is 0 Å². The van der Waals surface area contributed by atoms with Crippen LogP contribution in [-0.2, 0) is 6.18 Å². The SMILES string of the molecule is FC(F)(F)c1ncc(Nc2cnccn2)cn1. The zero-order valence-electron chi connectivity index (χ0n) is 8.31. The molecular weight excluding hydrogens is 235 g/mol. The van der Waals surface area contributed by atoms with Gasteiger partial charge < -0.3 is 5.32 Å². The van der Waals surface area contributed by atoms with Crippen molar-refractivity contribution in [3.63, 3.8) is 0 Å². The summed E-state index contributed by atoms with van der Waals surface area (Å²) in [6.07, 6.45) is 1.89. The fourth-order valence-electron chi connectivity index (χ4n) is 1.05. The first kappa shape index (κ1) is 11.2. The van der Waals surface area contributed by atoms with E-state index in [1.165, 1.54) is 18.6 Å². The number of hydrogen-bond acceptors (Lipinski definition) is 5. The number of nitrogens with one attached hydrogen (secondary N) is 1. The van der Waals surface area contributed by atoms with E-state index < -0.39 is 12.0 Å². The van der Waals surface area contributed by atoms with Crippen LogP contribution in [0.3, 0.4) is 0 Å². The van der Waals surface area contributed by atoms with Crippen molar-refractivity contribution in [2.75, 3.05) is 5.32 Å². The maximum absolute atomic E-state index is 12.2. The molecule has 0 aliphatic rings. The number of halogens is 3. The summed E-state index contributed by atoms with van der Waals surface area (Å²) in [5, 5.41) is 2.72. The molecule has 0 radical (unpaired) electrons. The Hall–Kier alpha value is -2.25. The molecule has 0 saturated carbocycles. The molecule has 2 aromatic rings. The lowest BCUT2D eigenvalue weighted by atomic mass is 10.5. The predicted molar refractivity (Wildman–Crippen MR) is 52.3 cm³/mol. The molecule has 1 N–H and O–H groups in total. The van der Waals surface area contributed by atoms with E-state index in [1.807, 2.05) is 0 Å². The fraction of sp³-hybridized carbons (Fsp3) is 0.111. The van der Waals surface area contributed by atoms with E-state index in [4.69, 9.17) is 0 Å². The van der Waals surface area contributed by atoms with Crippen molar-refractivity contribution in [1.29, 1.82) is 0 Å². The van der Waals surface area contributed by atoms with Gasteiger partial charge in [-0.05, 0) is 0 Å². The molecule has 0 atom stereocenters. The van der Waals surface area contributed by atoms with E-state index in [0.29, 0.717) is 11.5 Å². The Morgan fingerprint density at radius 3 is 2.18 bits per heavy atom. The smallest absolute Gasteiger partial charge is 0.336 e. The highest BCUT2D eigenvalue weighted by Crippen LogP contribution is 2.26. The summed E-state index contributed by atoms with van der Waals surface area (Å²) in [5.74, 6) is -0.780. The van der Waals surface area contributed by atoms with Gasteiger partial charge in [0.2, 0.25) is 5.82 Å². The standard InChI is InChI=1S/C9H6F3N5/c10-9(11,12)8-15-3-6(4-16-8)17-7-5-13-1-2-14-7/h1-5H,(H,14,17). The number of rotatable bonds is 2. The number of aromatic nitrogens is 4. The van der Waals surface area contributed by atoms with E-state index in [0.717, 1.165) is 12.4 Å². The molecule has 2 aromatic heterocycles. The van der Waals surface area contributed by atoms with Crippen molar-refractivity contribution in [3.05, 3.63) is 36.8 Å². The van der Waals surface area contributed by atoms with Crippen LogP contribution in [0.5, 0.6) is 0 Å². The summed E-state index contributed by atoms with van der Waals surface area (Å²) in [6.45, 7) is 0. The van der Waals surface area contributed by atoms with Crippen molar-refractivity contribution in [2.45, 2.75) is 6.18 Å². The third kappa shape index (κ3) is 2.86. The Morgan fingerprint density at radius 2 is 1.65 bits per heavy atom. The molecule has 0 amide bonds. The van der Waals surface area contributed by atoms with E-state index in [2.05, 4.69) is 25.3 Å². The summed E-state index contributed by atoms with van der Waals surface area (Å²) < 4.78 is 36.5. The lowest BCUT2D eigenvalue weighted by molar-refractivity contribution is -0.144. The van der Waals surface area contributed by atoms with Crippen molar-refractivity contribution < 1.29 is 13.2 Å². The second kappa shape index (κ2) is 4.32. The van der Waals surface area contributed by atoms with Crippen LogP contribution in [0, 0.1) is 0 Å². The molecule has 0 saturated heterocycles. The van der Waals surface area contributed by atoms with Gasteiger partial charge in [-0.2, -0.15) is 13.2 Å². The summed E-state index contributed by atoms with van der Waals surface area (Å²) in [7, 11) is 0. The quantitative estimate of drug-likeness (QED) is 0.871. The van der Waals surface area contributed by atoms with Crippen molar-refractivity contribution >= 4 is 11.5 Å². The molecule has 5 nitrogen and oxygen atoms in total. The molecule has 17 heavy (non-hydrogen) atoms. The number of anilines is 2. The molecule has 0 aliphatic carbocycles. The Labute approximate surface area is 93.8 Å². The maximum Gasteiger partial charge on any atom is 0.451 e. The highest BCUT2D eigenvalue weighted by Gasteiger charge is 2.34. The normalized spacial score (nSPS) is 11.2. The van der Waals surface area contributed by atoms with Crippen molar-refractivity contribution in [2.24, 2.45) is 0 Å². The number of hydrogen-bond donors (Lipinski definition) is 1. The van der Waals surface area contributed by atoms with E-state index >= 15 is 0 Å². The van der Waals surface area contributed by atoms with Crippen LogP contribution < -0.4 is 5.32 Å². The average Bonchev–Trinajstić information content (AvgIpc) is 2.30. The van der Waals surface area contributed by atoms with Crippen LogP contribution in [0.2, 0.25) is 0 Å². The monoisotopic (exact) mass is 241 g/mol. The first-order chi connectivity index (χ1) is 8.05. The highest BCUT2D eigenvalue weighted by atomic mass is 19.4. The molecule has 2 heterocycles. The largest absolute Gasteiger partial charge is 0.451 e. The molecule has 0 unspecified atom stereocenters. The van der Waals surface area contributed by atoms with Gasteiger partial charge >= 0.3 is 6.18 Å². The fourth-order valence-corrected chi connectivity index (χ4v) is 1.05. The van der Waals surface area contributed by atoms with Gasteiger partial charge in [0.15, 0.2) is 0 Å². The summed E-state index contributed by atoms with van der Waals surface area (Å²) in [4.78, 5) is 14.1. The van der Waals surface area contributed by atoms with E-state index in [9.17, 15) is 13.2 Å². The molecule has 0 aromatic carbocycles. The summed E-state index contributed by atoms with van der Waals surface area (Å²) in [6, 6.07) is 0. The number of alkyl halides is 3. The summed E-state index contributed by atoms with van der Waals surface area (Å²) in [5.41, 5.74) is 0.304. The first-order valence-electron chi connectivity index (χ1n) is 4.48. The second-order valence-electron chi connectivity index (χ2n) is 3.01. The second-order valence-corrected chi connectivity index (χ2v) is 3.01. The van der Waals surface area contributed by atoms with E-state index in [-0.39, 0.29) is 0 Å². The van der Waals surface area contributed by atoms with Crippen molar-refractivity contribution in [3.8, 4) is 0 Å². The van der Waals surface area contributed by atoms with Crippen LogP contribution in [-0.4, -0.2) is 19.9 Å². The van der Waals surface area contributed by atoms with Crippen LogP contribution >= 0.6 is 0 Å². The molecule has 2 rings (SSSR count). The van der Waals surface area contributed by atoms with Gasteiger partial charge in [-0.25, -0.2) is 15.0 Å². The maximum atomic E-state index is 12.2. The van der Waals surface area contributed by atoms with Crippen LogP contribution in [0.25, 0.3) is 0 Å². The van der Waals surface area contributed by atoms with Crippen LogP contribution in [0.15, 0.2) is 31.0 Å². The Kier molecular flexibility index (Phi) is 2.86. The molecular formula is C9H6F3N5. The lowest BCUT2D eigenvalue weighted by Crippen LogP contribution is -2.10. The topological polar surface area (TPSA) is 63.6 Å². The minimum Gasteiger partial charge on any atom is -0.336 e. The average molecular weight is 241 g/mol. The molecule has 88 valence electrons. The minimum absolute atomic E-state index is 0.304. The molecule has 0 fully saturated rings. The van der Waals surface area contributed by atoms with Gasteiger partial charge in [-0.1, -0.05) is 0 Å². The molecule has 8 heteroatoms. The zero-order valence-corrected chi connectivity index (χ0v) is 8.31. The minimum atomic E-state index is -4.54. The van der Waals surface area contributed by atoms with Gasteiger partial charge in [-0.15, -0.1) is 0 Å². The highest BCUT2D eigenvalue weighted by molar-refractivity contribution is 5.52. The van der Waals surface area contributed by atoms with E-state index in [1.54, 1.807) is 0 Å². The van der Waals surface area contributed by atoms with Gasteiger partial charge in [0.1, 0.15) is 5.82 Å². The third-order valence-corrected chi connectivity index (χ3v) is 1.74. The predicted octanol–water partition coefficient (Wildman–Crippen LogP) is 2.03.